The minimum atomic E-state index is -0.604. The molecule has 0 aliphatic carbocycles. The SMILES string of the molecule is CCCCOC(=O)N=c1cnn(-c2ccccc2)c(OCCCC)c1. The van der Waals surface area contributed by atoms with Gasteiger partial charge in [-0.1, -0.05) is 44.9 Å². The number of unbranched alkanes of at least 4 members (excludes halogenated alkanes) is 2. The Bertz CT molecular complexity index is 726. The summed E-state index contributed by atoms with van der Waals surface area (Å²) < 4.78 is 12.6. The minimum absolute atomic E-state index is 0.378. The molecule has 2 rings (SSSR count). The maximum absolute atomic E-state index is 11.7. The number of benzene rings is 1. The third-order valence-corrected chi connectivity index (χ3v) is 3.48. The van der Waals surface area contributed by atoms with Gasteiger partial charge in [0.1, 0.15) is 0 Å². The number of rotatable bonds is 8. The molecule has 0 aliphatic heterocycles. The van der Waals surface area contributed by atoms with Crippen molar-refractivity contribution < 1.29 is 14.3 Å². The fourth-order valence-electron chi connectivity index (χ4n) is 2.09. The van der Waals surface area contributed by atoms with Gasteiger partial charge in [0.15, 0.2) is 0 Å². The molecule has 0 spiro atoms. The lowest BCUT2D eigenvalue weighted by Crippen LogP contribution is -2.16. The predicted molar refractivity (Wildman–Crippen MR) is 95.8 cm³/mol. The van der Waals surface area contributed by atoms with Gasteiger partial charge in [-0.3, -0.25) is 0 Å². The first-order valence-electron chi connectivity index (χ1n) is 8.73. The zero-order valence-electron chi connectivity index (χ0n) is 14.9. The molecule has 1 amide bonds. The van der Waals surface area contributed by atoms with E-state index in [1.54, 1.807) is 10.7 Å². The third kappa shape index (κ3) is 6.06. The summed E-state index contributed by atoms with van der Waals surface area (Å²) >= 11 is 0. The van der Waals surface area contributed by atoms with Crippen molar-refractivity contribution in [1.29, 1.82) is 0 Å². The van der Waals surface area contributed by atoms with E-state index < -0.39 is 6.09 Å². The summed E-state index contributed by atoms with van der Waals surface area (Å²) in [5, 5.41) is 4.78. The monoisotopic (exact) mass is 343 g/mol. The first kappa shape index (κ1) is 18.7. The molecule has 0 fully saturated rings. The van der Waals surface area contributed by atoms with Crippen LogP contribution in [0.3, 0.4) is 0 Å². The molecule has 1 aromatic carbocycles. The zero-order chi connectivity index (χ0) is 17.9. The lowest BCUT2D eigenvalue weighted by atomic mass is 10.3. The van der Waals surface area contributed by atoms with Crippen molar-refractivity contribution >= 4 is 6.09 Å². The molecule has 0 unspecified atom stereocenters. The van der Waals surface area contributed by atoms with Crippen LogP contribution < -0.4 is 10.1 Å². The Kier molecular flexibility index (Phi) is 7.69. The van der Waals surface area contributed by atoms with E-state index in [-0.39, 0.29) is 0 Å². The number of carbonyl (C=O) groups is 1. The summed E-state index contributed by atoms with van der Waals surface area (Å²) in [6.07, 6.45) is 4.69. The average molecular weight is 343 g/mol. The fourth-order valence-corrected chi connectivity index (χ4v) is 2.09. The Morgan fingerprint density at radius 1 is 1.12 bits per heavy atom. The Morgan fingerprint density at radius 2 is 1.84 bits per heavy atom. The molecular weight excluding hydrogens is 318 g/mol. The van der Waals surface area contributed by atoms with Crippen LogP contribution in [-0.2, 0) is 4.74 Å². The molecule has 1 heterocycles. The van der Waals surface area contributed by atoms with Gasteiger partial charge in [0, 0.05) is 6.07 Å². The second kappa shape index (κ2) is 10.3. The topological polar surface area (TPSA) is 65.7 Å². The highest BCUT2D eigenvalue weighted by atomic mass is 16.5. The first-order valence-corrected chi connectivity index (χ1v) is 8.73. The van der Waals surface area contributed by atoms with Crippen LogP contribution in [-0.4, -0.2) is 29.1 Å². The van der Waals surface area contributed by atoms with E-state index in [0.717, 1.165) is 31.4 Å². The van der Waals surface area contributed by atoms with Gasteiger partial charge in [-0.05, 0) is 25.0 Å². The van der Waals surface area contributed by atoms with Gasteiger partial charge < -0.3 is 9.47 Å². The quantitative estimate of drug-likeness (QED) is 0.682. The van der Waals surface area contributed by atoms with E-state index in [4.69, 9.17) is 9.47 Å². The number of carbonyl (C=O) groups excluding carboxylic acids is 1. The van der Waals surface area contributed by atoms with E-state index in [9.17, 15) is 4.79 Å². The van der Waals surface area contributed by atoms with Crippen molar-refractivity contribution in [1.82, 2.24) is 9.78 Å². The molecule has 0 aliphatic rings. The first-order chi connectivity index (χ1) is 12.2. The summed E-state index contributed by atoms with van der Waals surface area (Å²) in [4.78, 5) is 15.7. The van der Waals surface area contributed by atoms with Gasteiger partial charge in [0.2, 0.25) is 5.88 Å². The maximum atomic E-state index is 11.7. The van der Waals surface area contributed by atoms with E-state index in [0.29, 0.717) is 24.5 Å². The van der Waals surface area contributed by atoms with Crippen molar-refractivity contribution in [3.05, 3.63) is 48.0 Å². The van der Waals surface area contributed by atoms with Gasteiger partial charge in [-0.2, -0.15) is 10.1 Å². The number of amides is 1. The predicted octanol–water partition coefficient (Wildman–Crippen LogP) is 3.89. The second-order valence-electron chi connectivity index (χ2n) is 5.58. The zero-order valence-corrected chi connectivity index (χ0v) is 14.9. The number of aromatic nitrogens is 2. The molecule has 25 heavy (non-hydrogen) atoms. The molecule has 0 saturated carbocycles. The Morgan fingerprint density at radius 3 is 2.56 bits per heavy atom. The van der Waals surface area contributed by atoms with Gasteiger partial charge in [-0.15, -0.1) is 0 Å². The highest BCUT2D eigenvalue weighted by molar-refractivity contribution is 5.68. The largest absolute Gasteiger partial charge is 0.478 e. The molecule has 0 bridgehead atoms. The highest BCUT2D eigenvalue weighted by Gasteiger charge is 2.06. The van der Waals surface area contributed by atoms with Crippen molar-refractivity contribution in [2.24, 2.45) is 4.99 Å². The fraction of sp³-hybridized carbons (Fsp3) is 0.421. The summed E-state index contributed by atoms with van der Waals surface area (Å²) in [6, 6.07) is 11.4. The lowest BCUT2D eigenvalue weighted by molar-refractivity contribution is 0.154. The van der Waals surface area contributed by atoms with Gasteiger partial charge in [-0.25, -0.2) is 9.48 Å². The van der Waals surface area contributed by atoms with Crippen LogP contribution in [0.4, 0.5) is 4.79 Å². The van der Waals surface area contributed by atoms with Crippen molar-refractivity contribution in [2.45, 2.75) is 39.5 Å². The number of hydrogen-bond acceptors (Lipinski definition) is 4. The third-order valence-electron chi connectivity index (χ3n) is 3.48. The molecule has 0 saturated heterocycles. The standard InChI is InChI=1S/C19H25N3O3/c1-3-5-12-24-18-14-16(21-19(23)25-13-6-4-2)15-20-22(18)17-10-8-7-9-11-17/h7-11,14-15H,3-6,12-13H2,1-2H3. The lowest BCUT2D eigenvalue weighted by Gasteiger charge is -2.13. The van der Waals surface area contributed by atoms with Crippen molar-refractivity contribution in [3.63, 3.8) is 0 Å². The van der Waals surface area contributed by atoms with Crippen LogP contribution in [0.15, 0.2) is 47.6 Å². The summed E-state index contributed by atoms with van der Waals surface area (Å²) in [7, 11) is 0. The molecule has 6 nitrogen and oxygen atoms in total. The second-order valence-corrected chi connectivity index (χ2v) is 5.58. The number of ether oxygens (including phenoxy) is 2. The van der Waals surface area contributed by atoms with Gasteiger partial charge >= 0.3 is 6.09 Å². The van der Waals surface area contributed by atoms with E-state index >= 15 is 0 Å². The summed E-state index contributed by atoms with van der Waals surface area (Å²) in [6.45, 7) is 5.09. The molecule has 134 valence electrons. The highest BCUT2D eigenvalue weighted by Crippen LogP contribution is 2.14. The molecule has 0 radical (unpaired) electrons. The number of hydrogen-bond donors (Lipinski definition) is 0. The molecular formula is C19H25N3O3. The normalized spacial score (nSPS) is 11.4. The minimum Gasteiger partial charge on any atom is -0.478 e. The summed E-state index contributed by atoms with van der Waals surface area (Å²) in [5.74, 6) is 0.544. The number of para-hydroxylation sites is 1. The van der Waals surface area contributed by atoms with E-state index in [2.05, 4.69) is 17.0 Å². The molecule has 6 heteroatoms. The van der Waals surface area contributed by atoms with Crippen LogP contribution in [0, 0.1) is 0 Å². The average Bonchev–Trinajstić information content (AvgIpc) is 2.63. The Labute approximate surface area is 148 Å². The molecule has 2 aromatic rings. The molecule has 0 N–H and O–H groups in total. The van der Waals surface area contributed by atoms with Crippen LogP contribution in [0.5, 0.6) is 5.88 Å². The van der Waals surface area contributed by atoms with Crippen molar-refractivity contribution in [2.75, 3.05) is 13.2 Å². The van der Waals surface area contributed by atoms with Gasteiger partial charge in [0.05, 0.1) is 30.5 Å². The van der Waals surface area contributed by atoms with E-state index in [1.165, 1.54) is 6.20 Å². The van der Waals surface area contributed by atoms with Crippen LogP contribution >= 0.6 is 0 Å². The van der Waals surface area contributed by atoms with Crippen LogP contribution in [0.1, 0.15) is 39.5 Å². The van der Waals surface area contributed by atoms with Crippen LogP contribution in [0.25, 0.3) is 5.69 Å². The summed E-state index contributed by atoms with van der Waals surface area (Å²) in [5.41, 5.74) is 0.881. The van der Waals surface area contributed by atoms with E-state index in [1.807, 2.05) is 37.3 Å². The Balaban J connectivity index is 2.25. The van der Waals surface area contributed by atoms with Crippen molar-refractivity contribution in [3.8, 4) is 11.6 Å². The molecule has 0 atom stereocenters. The maximum Gasteiger partial charge on any atom is 0.434 e. The Hall–Kier alpha value is -2.63. The smallest absolute Gasteiger partial charge is 0.434 e. The number of nitrogens with zero attached hydrogens (tertiary/aromatic N) is 3. The molecule has 1 aromatic heterocycles. The van der Waals surface area contributed by atoms with Crippen LogP contribution in [0.2, 0.25) is 0 Å². The van der Waals surface area contributed by atoms with Gasteiger partial charge in [0.25, 0.3) is 0 Å².